The molecule has 3 heteroatoms. The summed E-state index contributed by atoms with van der Waals surface area (Å²) < 4.78 is 4.54. The molecule has 34 valence electrons. The van der Waals surface area contributed by atoms with Crippen LogP contribution < -0.4 is 0 Å². The zero-order valence-corrected chi connectivity index (χ0v) is 4.23. The van der Waals surface area contributed by atoms with E-state index in [0.29, 0.717) is 15.2 Å². The summed E-state index contributed by atoms with van der Waals surface area (Å²) in [5.41, 5.74) is 0. The first-order chi connectivity index (χ1) is 2.89. The summed E-state index contributed by atoms with van der Waals surface area (Å²) in [4.78, 5) is 10.0. The van der Waals surface area contributed by atoms with Gasteiger partial charge in [-0.05, 0) is 0 Å². The molecular formula is C3H5O2P. The van der Waals surface area contributed by atoms with Crippen LogP contribution in [-0.2, 0) is 9.32 Å². The SMILES string of the molecule is O=C1CCPO1. The summed E-state index contributed by atoms with van der Waals surface area (Å²) in [6, 6.07) is 0. The third-order valence-electron chi connectivity index (χ3n) is 0.617. The van der Waals surface area contributed by atoms with E-state index in [1.54, 1.807) is 0 Å². The monoisotopic (exact) mass is 104 g/mol. The lowest BCUT2D eigenvalue weighted by atomic mass is 10.5. The van der Waals surface area contributed by atoms with Gasteiger partial charge >= 0.3 is 5.97 Å². The third-order valence-corrected chi connectivity index (χ3v) is 1.44. The van der Waals surface area contributed by atoms with E-state index in [-0.39, 0.29) is 5.97 Å². The van der Waals surface area contributed by atoms with Crippen molar-refractivity contribution < 1.29 is 9.32 Å². The molecule has 1 heterocycles. The van der Waals surface area contributed by atoms with Crippen molar-refractivity contribution in [1.82, 2.24) is 0 Å². The molecule has 0 N–H and O–H groups in total. The zero-order valence-electron chi connectivity index (χ0n) is 3.23. The highest BCUT2D eigenvalue weighted by Crippen LogP contribution is 2.21. The summed E-state index contributed by atoms with van der Waals surface area (Å²) in [6.07, 6.45) is 1.58. The van der Waals surface area contributed by atoms with Crippen LogP contribution in [0.4, 0.5) is 0 Å². The van der Waals surface area contributed by atoms with Crippen molar-refractivity contribution >= 4 is 14.8 Å². The highest BCUT2D eigenvalue weighted by molar-refractivity contribution is 7.33. The van der Waals surface area contributed by atoms with E-state index in [1.165, 1.54) is 0 Å². The van der Waals surface area contributed by atoms with E-state index in [2.05, 4.69) is 4.52 Å². The summed E-state index contributed by atoms with van der Waals surface area (Å²) in [5.74, 6) is -0.0340. The van der Waals surface area contributed by atoms with Crippen molar-refractivity contribution in [3.8, 4) is 0 Å². The second kappa shape index (κ2) is 1.57. The molecule has 1 aliphatic heterocycles. The van der Waals surface area contributed by atoms with E-state index in [1.807, 2.05) is 0 Å². The maximum Gasteiger partial charge on any atom is 0.308 e. The molecule has 1 fully saturated rings. The number of rotatable bonds is 0. The molecule has 0 aromatic rings. The smallest absolute Gasteiger partial charge is 0.308 e. The molecule has 0 aromatic carbocycles. The molecular weight excluding hydrogens is 99.0 g/mol. The Balaban J connectivity index is 2.37. The van der Waals surface area contributed by atoms with Crippen LogP contribution in [0.3, 0.4) is 0 Å². The molecule has 0 spiro atoms. The van der Waals surface area contributed by atoms with Crippen LogP contribution in [0.25, 0.3) is 0 Å². The van der Waals surface area contributed by atoms with Gasteiger partial charge in [-0.15, -0.1) is 0 Å². The maximum atomic E-state index is 10.0. The zero-order chi connectivity index (χ0) is 4.41. The van der Waals surface area contributed by atoms with Gasteiger partial charge in [0.05, 0.1) is 15.2 Å². The lowest BCUT2D eigenvalue weighted by molar-refractivity contribution is -0.131. The minimum Gasteiger partial charge on any atom is -0.448 e. The quantitative estimate of drug-likeness (QED) is 0.419. The van der Waals surface area contributed by atoms with E-state index >= 15 is 0 Å². The van der Waals surface area contributed by atoms with Crippen molar-refractivity contribution in [3.63, 3.8) is 0 Å². The van der Waals surface area contributed by atoms with Crippen LogP contribution in [0.5, 0.6) is 0 Å². The Hall–Kier alpha value is -0.100. The summed E-state index contributed by atoms with van der Waals surface area (Å²) in [5, 5.41) is 0. The van der Waals surface area contributed by atoms with Gasteiger partial charge in [0.25, 0.3) is 0 Å². The highest BCUT2D eigenvalue weighted by atomic mass is 31.1. The van der Waals surface area contributed by atoms with Crippen LogP contribution >= 0.6 is 8.81 Å². The fraction of sp³-hybridized carbons (Fsp3) is 0.667. The van der Waals surface area contributed by atoms with E-state index in [4.69, 9.17) is 0 Å². The predicted molar refractivity (Wildman–Crippen MR) is 23.9 cm³/mol. The number of hydrogen-bond acceptors (Lipinski definition) is 2. The second-order valence-electron chi connectivity index (χ2n) is 1.12. The van der Waals surface area contributed by atoms with Gasteiger partial charge in [0, 0.05) is 6.16 Å². The molecule has 0 amide bonds. The van der Waals surface area contributed by atoms with Crippen LogP contribution in [-0.4, -0.2) is 12.1 Å². The Kier molecular flexibility index (Phi) is 1.06. The van der Waals surface area contributed by atoms with Gasteiger partial charge in [-0.3, -0.25) is 4.79 Å². The molecule has 1 unspecified atom stereocenters. The largest absolute Gasteiger partial charge is 0.448 e. The van der Waals surface area contributed by atoms with Crippen LogP contribution in [0.15, 0.2) is 0 Å². The molecule has 1 saturated heterocycles. The topological polar surface area (TPSA) is 26.3 Å². The molecule has 1 aliphatic rings. The fourth-order valence-electron chi connectivity index (χ4n) is 0.336. The van der Waals surface area contributed by atoms with E-state index in [0.717, 1.165) is 6.16 Å². The molecule has 6 heavy (non-hydrogen) atoms. The maximum absolute atomic E-state index is 10.0. The average Bonchev–Trinajstić information content (AvgIpc) is 1.86. The fourth-order valence-corrected chi connectivity index (χ4v) is 1.01. The molecule has 0 bridgehead atoms. The Morgan fingerprint density at radius 2 is 2.67 bits per heavy atom. The molecule has 0 aliphatic carbocycles. The van der Waals surface area contributed by atoms with E-state index in [9.17, 15) is 4.79 Å². The van der Waals surface area contributed by atoms with E-state index < -0.39 is 0 Å². The van der Waals surface area contributed by atoms with Crippen LogP contribution in [0.1, 0.15) is 6.42 Å². The molecule has 0 saturated carbocycles. The first-order valence-electron chi connectivity index (χ1n) is 1.82. The standard InChI is InChI=1S/C3H5O2P/c4-3-1-2-6-5-3/h6H,1-2H2. The van der Waals surface area contributed by atoms with Crippen molar-refractivity contribution in [1.29, 1.82) is 0 Å². The van der Waals surface area contributed by atoms with Crippen LogP contribution in [0, 0.1) is 0 Å². The molecule has 2 nitrogen and oxygen atoms in total. The number of carbonyl (C=O) groups is 1. The van der Waals surface area contributed by atoms with Gasteiger partial charge in [0.2, 0.25) is 0 Å². The van der Waals surface area contributed by atoms with Crippen molar-refractivity contribution in [2.75, 3.05) is 6.16 Å². The van der Waals surface area contributed by atoms with Crippen molar-refractivity contribution in [2.45, 2.75) is 6.42 Å². The summed E-state index contributed by atoms with van der Waals surface area (Å²) >= 11 is 0. The minimum absolute atomic E-state index is 0.0340. The van der Waals surface area contributed by atoms with Crippen LogP contribution in [0.2, 0.25) is 0 Å². The average molecular weight is 104 g/mol. The van der Waals surface area contributed by atoms with Crippen molar-refractivity contribution in [2.24, 2.45) is 0 Å². The van der Waals surface area contributed by atoms with Gasteiger partial charge in [-0.2, -0.15) is 0 Å². The molecule has 0 aromatic heterocycles. The minimum atomic E-state index is -0.0340. The Morgan fingerprint density at radius 3 is 2.83 bits per heavy atom. The van der Waals surface area contributed by atoms with Crippen molar-refractivity contribution in [3.05, 3.63) is 0 Å². The first-order valence-corrected chi connectivity index (χ1v) is 2.93. The Labute approximate surface area is 37.7 Å². The Morgan fingerprint density at radius 1 is 1.83 bits per heavy atom. The summed E-state index contributed by atoms with van der Waals surface area (Å²) in [7, 11) is 0.439. The molecule has 1 rings (SSSR count). The normalized spacial score (nSPS) is 25.0. The van der Waals surface area contributed by atoms with Gasteiger partial charge in [-0.1, -0.05) is 0 Å². The Bertz CT molecular complexity index is 63.2. The first kappa shape index (κ1) is 4.07. The molecule has 1 atom stereocenters. The summed E-state index contributed by atoms with van der Waals surface area (Å²) in [6.45, 7) is 0. The van der Waals surface area contributed by atoms with Gasteiger partial charge in [0.15, 0.2) is 0 Å². The van der Waals surface area contributed by atoms with Gasteiger partial charge in [0.1, 0.15) is 0 Å². The lowest BCUT2D eigenvalue weighted by Crippen LogP contribution is -1.86. The lowest BCUT2D eigenvalue weighted by Gasteiger charge is -1.80. The third kappa shape index (κ3) is 0.689. The predicted octanol–water partition coefficient (Wildman–Crippen LogP) is 0.527. The van der Waals surface area contributed by atoms with Gasteiger partial charge in [-0.25, -0.2) is 0 Å². The highest BCUT2D eigenvalue weighted by Gasteiger charge is 2.08. The molecule has 0 radical (unpaired) electrons. The number of hydrogen-bond donors (Lipinski definition) is 0. The van der Waals surface area contributed by atoms with Gasteiger partial charge < -0.3 is 4.52 Å². The second-order valence-corrected chi connectivity index (χ2v) is 2.11. The number of carbonyl (C=O) groups excluding carboxylic acids is 1.